The van der Waals surface area contributed by atoms with Gasteiger partial charge >= 0.3 is 0 Å². The lowest BCUT2D eigenvalue weighted by Gasteiger charge is -2.26. The zero-order valence-electron chi connectivity index (χ0n) is 13.4. The Morgan fingerprint density at radius 3 is 2.70 bits per heavy atom. The first kappa shape index (κ1) is 15.6. The van der Waals surface area contributed by atoms with Crippen LogP contribution in [0, 0.1) is 0 Å². The molecule has 3 rings (SSSR count). The van der Waals surface area contributed by atoms with Crippen LogP contribution in [0.15, 0.2) is 36.5 Å². The second-order valence-corrected chi connectivity index (χ2v) is 5.51. The number of para-hydroxylation sites is 1. The summed E-state index contributed by atoms with van der Waals surface area (Å²) < 4.78 is 7.46. The molecule has 2 aromatic rings. The van der Waals surface area contributed by atoms with Crippen molar-refractivity contribution in [2.45, 2.75) is 13.3 Å². The van der Waals surface area contributed by atoms with Gasteiger partial charge in [-0.25, -0.2) is 4.68 Å². The van der Waals surface area contributed by atoms with Crippen molar-refractivity contribution in [1.29, 1.82) is 0 Å². The Morgan fingerprint density at radius 1 is 1.26 bits per heavy atom. The van der Waals surface area contributed by atoms with Crippen LogP contribution >= 0.6 is 0 Å². The summed E-state index contributed by atoms with van der Waals surface area (Å²) in [5, 5.41) is 7.74. The van der Waals surface area contributed by atoms with Gasteiger partial charge in [0, 0.05) is 26.2 Å². The van der Waals surface area contributed by atoms with Crippen molar-refractivity contribution >= 4 is 5.91 Å². The highest BCUT2D eigenvalue weighted by atomic mass is 16.5. The molecule has 0 spiro atoms. The maximum atomic E-state index is 12.8. The standard InChI is InChI=1S/C17H22N4O2/c1-2-12-23-15-13-21(14-6-4-3-5-7-14)19-16(15)17(22)20-10-8-18-9-11-20/h3-7,13,18H,2,8-12H2,1H3. The van der Waals surface area contributed by atoms with E-state index in [0.29, 0.717) is 31.1 Å². The van der Waals surface area contributed by atoms with E-state index in [1.54, 1.807) is 10.9 Å². The monoisotopic (exact) mass is 314 g/mol. The van der Waals surface area contributed by atoms with Crippen molar-refractivity contribution in [2.75, 3.05) is 32.8 Å². The number of amides is 1. The molecular formula is C17H22N4O2. The molecule has 0 unspecified atom stereocenters. The number of hydrogen-bond acceptors (Lipinski definition) is 4. The second kappa shape index (κ2) is 7.28. The van der Waals surface area contributed by atoms with Gasteiger partial charge in [-0.2, -0.15) is 5.10 Å². The summed E-state index contributed by atoms with van der Waals surface area (Å²) in [5.41, 5.74) is 1.30. The minimum absolute atomic E-state index is 0.0627. The van der Waals surface area contributed by atoms with Crippen molar-refractivity contribution in [3.8, 4) is 11.4 Å². The lowest BCUT2D eigenvalue weighted by Crippen LogP contribution is -2.46. The highest BCUT2D eigenvalue weighted by molar-refractivity contribution is 5.95. The number of hydrogen-bond donors (Lipinski definition) is 1. The van der Waals surface area contributed by atoms with Gasteiger partial charge in [0.1, 0.15) is 0 Å². The lowest BCUT2D eigenvalue weighted by molar-refractivity contribution is 0.0725. The van der Waals surface area contributed by atoms with Crippen molar-refractivity contribution in [3.05, 3.63) is 42.2 Å². The van der Waals surface area contributed by atoms with Crippen LogP contribution in [0.3, 0.4) is 0 Å². The van der Waals surface area contributed by atoms with E-state index in [4.69, 9.17) is 4.74 Å². The summed E-state index contributed by atoms with van der Waals surface area (Å²) in [6.45, 7) is 5.64. The van der Waals surface area contributed by atoms with E-state index < -0.39 is 0 Å². The number of aromatic nitrogens is 2. The Bertz CT molecular complexity index is 648. The Kier molecular flexibility index (Phi) is 4.92. The second-order valence-electron chi connectivity index (χ2n) is 5.51. The third kappa shape index (κ3) is 3.53. The van der Waals surface area contributed by atoms with Gasteiger partial charge in [0.15, 0.2) is 11.4 Å². The first-order chi connectivity index (χ1) is 11.3. The van der Waals surface area contributed by atoms with Crippen LogP contribution in [0.4, 0.5) is 0 Å². The molecule has 1 fully saturated rings. The van der Waals surface area contributed by atoms with E-state index >= 15 is 0 Å². The molecule has 1 N–H and O–H groups in total. The third-order valence-corrected chi connectivity index (χ3v) is 3.77. The molecule has 1 amide bonds. The summed E-state index contributed by atoms with van der Waals surface area (Å²) in [7, 11) is 0. The van der Waals surface area contributed by atoms with E-state index in [2.05, 4.69) is 10.4 Å². The van der Waals surface area contributed by atoms with Crippen molar-refractivity contribution < 1.29 is 9.53 Å². The minimum Gasteiger partial charge on any atom is -0.489 e. The molecule has 0 bridgehead atoms. The van der Waals surface area contributed by atoms with Crippen molar-refractivity contribution in [2.24, 2.45) is 0 Å². The van der Waals surface area contributed by atoms with Crippen LogP contribution in [-0.2, 0) is 0 Å². The summed E-state index contributed by atoms with van der Waals surface area (Å²) in [5.74, 6) is 0.492. The van der Waals surface area contributed by atoms with Gasteiger partial charge in [-0.3, -0.25) is 4.79 Å². The molecule has 1 aliphatic heterocycles. The number of nitrogens with zero attached hydrogens (tertiary/aromatic N) is 3. The Hall–Kier alpha value is -2.34. The average Bonchev–Trinajstić information content (AvgIpc) is 3.05. The minimum atomic E-state index is -0.0627. The smallest absolute Gasteiger partial charge is 0.278 e. The molecule has 23 heavy (non-hydrogen) atoms. The highest BCUT2D eigenvalue weighted by Crippen LogP contribution is 2.22. The molecular weight excluding hydrogens is 292 g/mol. The fraction of sp³-hybridized carbons (Fsp3) is 0.412. The maximum Gasteiger partial charge on any atom is 0.278 e. The van der Waals surface area contributed by atoms with Crippen molar-refractivity contribution in [1.82, 2.24) is 20.0 Å². The number of piperazine rings is 1. The Balaban J connectivity index is 1.90. The first-order valence-electron chi connectivity index (χ1n) is 8.07. The average molecular weight is 314 g/mol. The van der Waals surface area contributed by atoms with E-state index in [1.165, 1.54) is 0 Å². The van der Waals surface area contributed by atoms with E-state index in [1.807, 2.05) is 42.2 Å². The van der Waals surface area contributed by atoms with E-state index in [-0.39, 0.29) is 5.91 Å². The van der Waals surface area contributed by atoms with Gasteiger partial charge < -0.3 is 15.0 Å². The molecule has 6 nitrogen and oxygen atoms in total. The number of nitrogens with one attached hydrogen (secondary N) is 1. The van der Waals surface area contributed by atoms with Gasteiger partial charge in [0.05, 0.1) is 18.5 Å². The quantitative estimate of drug-likeness (QED) is 0.913. The number of benzene rings is 1. The zero-order chi connectivity index (χ0) is 16.1. The summed E-state index contributed by atoms with van der Waals surface area (Å²) in [6, 6.07) is 9.75. The molecule has 1 aliphatic rings. The summed E-state index contributed by atoms with van der Waals surface area (Å²) >= 11 is 0. The lowest BCUT2D eigenvalue weighted by atomic mass is 10.3. The van der Waals surface area contributed by atoms with Crippen LogP contribution < -0.4 is 10.1 Å². The fourth-order valence-electron chi connectivity index (χ4n) is 2.55. The van der Waals surface area contributed by atoms with Crippen LogP contribution in [0.2, 0.25) is 0 Å². The van der Waals surface area contributed by atoms with Crippen LogP contribution in [-0.4, -0.2) is 53.4 Å². The maximum absolute atomic E-state index is 12.8. The van der Waals surface area contributed by atoms with Crippen molar-refractivity contribution in [3.63, 3.8) is 0 Å². The third-order valence-electron chi connectivity index (χ3n) is 3.77. The Labute approximate surface area is 136 Å². The number of carbonyl (C=O) groups is 1. The fourth-order valence-corrected chi connectivity index (χ4v) is 2.55. The van der Waals surface area contributed by atoms with Gasteiger partial charge in [0.2, 0.25) is 0 Å². The van der Waals surface area contributed by atoms with Crippen LogP contribution in [0.1, 0.15) is 23.8 Å². The molecule has 2 heterocycles. The van der Waals surface area contributed by atoms with Gasteiger partial charge in [0.25, 0.3) is 5.91 Å². The normalized spacial score (nSPS) is 14.7. The predicted molar refractivity (Wildman–Crippen MR) is 88.1 cm³/mol. The molecule has 0 aliphatic carbocycles. The summed E-state index contributed by atoms with van der Waals surface area (Å²) in [6.07, 6.45) is 2.68. The van der Waals surface area contributed by atoms with Gasteiger partial charge in [-0.1, -0.05) is 25.1 Å². The number of rotatable bonds is 5. The topological polar surface area (TPSA) is 59.4 Å². The molecule has 1 aromatic carbocycles. The predicted octanol–water partition coefficient (Wildman–Crippen LogP) is 1.71. The zero-order valence-corrected chi connectivity index (χ0v) is 13.4. The van der Waals surface area contributed by atoms with Crippen LogP contribution in [0.5, 0.6) is 5.75 Å². The molecule has 1 saturated heterocycles. The van der Waals surface area contributed by atoms with Gasteiger partial charge in [-0.15, -0.1) is 0 Å². The largest absolute Gasteiger partial charge is 0.489 e. The van der Waals surface area contributed by atoms with Crippen LogP contribution in [0.25, 0.3) is 5.69 Å². The summed E-state index contributed by atoms with van der Waals surface area (Å²) in [4.78, 5) is 14.6. The molecule has 6 heteroatoms. The SMILES string of the molecule is CCCOc1cn(-c2ccccc2)nc1C(=O)N1CCNCC1. The Morgan fingerprint density at radius 2 is 2.00 bits per heavy atom. The molecule has 0 saturated carbocycles. The number of carbonyl (C=O) groups excluding carboxylic acids is 1. The molecule has 0 radical (unpaired) electrons. The van der Waals surface area contributed by atoms with E-state index in [9.17, 15) is 4.79 Å². The molecule has 1 aromatic heterocycles. The van der Waals surface area contributed by atoms with Gasteiger partial charge in [-0.05, 0) is 18.6 Å². The highest BCUT2D eigenvalue weighted by Gasteiger charge is 2.25. The first-order valence-corrected chi connectivity index (χ1v) is 8.07. The molecule has 122 valence electrons. The van der Waals surface area contributed by atoms with E-state index in [0.717, 1.165) is 25.2 Å². The molecule has 0 atom stereocenters. The number of ether oxygens (including phenoxy) is 1.